The second-order valence-corrected chi connectivity index (χ2v) is 7.08. The minimum Gasteiger partial charge on any atom is -0.358 e. The molecule has 1 atom stereocenters. The molecule has 0 spiro atoms. The molecule has 0 amide bonds. The number of H-pyrrole nitrogens is 1. The van der Waals surface area contributed by atoms with E-state index in [2.05, 4.69) is 53.6 Å². The van der Waals surface area contributed by atoms with Crippen molar-refractivity contribution >= 4 is 22.4 Å². The van der Waals surface area contributed by atoms with E-state index >= 15 is 0 Å². The molecule has 25 heavy (non-hydrogen) atoms. The van der Waals surface area contributed by atoms with Gasteiger partial charge in [-0.25, -0.2) is 0 Å². The molecule has 5 rings (SSSR count). The second-order valence-electron chi connectivity index (χ2n) is 7.08. The van der Waals surface area contributed by atoms with Crippen LogP contribution in [-0.2, 0) is 4.79 Å². The fourth-order valence-corrected chi connectivity index (χ4v) is 4.18. The van der Waals surface area contributed by atoms with Crippen molar-refractivity contribution in [1.82, 2.24) is 10.2 Å². The number of aryl methyl sites for hydroxylation is 2. The number of hydrogen-bond donors (Lipinski definition) is 2. The first kappa shape index (κ1) is 14.5. The van der Waals surface area contributed by atoms with E-state index in [9.17, 15) is 4.79 Å². The minimum atomic E-state index is -0.0261. The van der Waals surface area contributed by atoms with Gasteiger partial charge in [0.05, 0.1) is 11.7 Å². The first-order chi connectivity index (χ1) is 12.1. The molecule has 3 aromatic rings. The Hall–Kier alpha value is -2.88. The van der Waals surface area contributed by atoms with Gasteiger partial charge in [0.2, 0.25) is 0 Å². The average molecular weight is 329 g/mol. The Balaban J connectivity index is 1.83. The molecule has 0 saturated heterocycles. The molecule has 2 aliphatic rings. The smallest absolute Gasteiger partial charge is 0.161 e. The van der Waals surface area contributed by atoms with Gasteiger partial charge in [0.15, 0.2) is 5.78 Å². The topological polar surface area (TPSA) is 57.8 Å². The van der Waals surface area contributed by atoms with Gasteiger partial charge >= 0.3 is 0 Å². The Labute approximate surface area is 145 Å². The molecule has 4 heteroatoms. The van der Waals surface area contributed by atoms with Gasteiger partial charge in [-0.15, -0.1) is 0 Å². The normalized spacial score (nSPS) is 19.1. The Morgan fingerprint density at radius 2 is 1.96 bits per heavy atom. The molecule has 1 aliphatic carbocycles. The van der Waals surface area contributed by atoms with E-state index < -0.39 is 0 Å². The third-order valence-corrected chi connectivity index (χ3v) is 5.62. The Bertz CT molecular complexity index is 1070. The molecular weight excluding hydrogens is 310 g/mol. The summed E-state index contributed by atoms with van der Waals surface area (Å²) in [4.78, 5) is 12.7. The van der Waals surface area contributed by atoms with Crippen LogP contribution in [0.4, 0.5) is 5.69 Å². The zero-order valence-electron chi connectivity index (χ0n) is 14.3. The largest absolute Gasteiger partial charge is 0.358 e. The fourth-order valence-electron chi connectivity index (χ4n) is 4.18. The third kappa shape index (κ3) is 2.00. The summed E-state index contributed by atoms with van der Waals surface area (Å²) in [6.07, 6.45) is 3.27. The van der Waals surface area contributed by atoms with Gasteiger partial charge in [-0.05, 0) is 54.7 Å². The molecule has 0 fully saturated rings. The fraction of sp³-hybridized carbons (Fsp3) is 0.238. The Morgan fingerprint density at radius 1 is 1.08 bits per heavy atom. The summed E-state index contributed by atoms with van der Waals surface area (Å²) in [7, 11) is 0. The number of allylic oxidation sites excluding steroid dienone is 2. The van der Waals surface area contributed by atoms with Gasteiger partial charge in [-0.3, -0.25) is 9.89 Å². The zero-order valence-corrected chi connectivity index (χ0v) is 14.3. The number of aromatic nitrogens is 2. The van der Waals surface area contributed by atoms with Crippen molar-refractivity contribution in [3.05, 3.63) is 70.1 Å². The van der Waals surface area contributed by atoms with Gasteiger partial charge in [0.25, 0.3) is 0 Å². The lowest BCUT2D eigenvalue weighted by molar-refractivity contribution is -0.115. The number of fused-ring (bicyclic) bond motifs is 3. The van der Waals surface area contributed by atoms with E-state index in [0.717, 1.165) is 39.8 Å². The van der Waals surface area contributed by atoms with Crippen molar-refractivity contribution in [2.45, 2.75) is 32.6 Å². The maximum atomic E-state index is 12.7. The number of ketones is 1. The number of rotatable bonds is 1. The van der Waals surface area contributed by atoms with E-state index in [1.54, 1.807) is 0 Å². The number of Topliss-reactive ketones (excluding diaryl/α,β-unsaturated/α-hetero) is 1. The molecule has 0 bridgehead atoms. The van der Waals surface area contributed by atoms with Crippen LogP contribution in [-0.4, -0.2) is 16.0 Å². The highest BCUT2D eigenvalue weighted by Gasteiger charge is 2.37. The van der Waals surface area contributed by atoms with Crippen LogP contribution in [0.5, 0.6) is 0 Å². The maximum Gasteiger partial charge on any atom is 0.161 e. The van der Waals surface area contributed by atoms with Crippen molar-refractivity contribution in [3.63, 3.8) is 0 Å². The summed E-state index contributed by atoms with van der Waals surface area (Å²) in [6, 6.07) is 10.7. The third-order valence-electron chi connectivity index (χ3n) is 5.62. The molecule has 4 nitrogen and oxygen atoms in total. The lowest BCUT2D eigenvalue weighted by Crippen LogP contribution is -2.19. The summed E-state index contributed by atoms with van der Waals surface area (Å²) in [5, 5.41) is 11.9. The van der Waals surface area contributed by atoms with Crippen molar-refractivity contribution in [3.8, 4) is 0 Å². The molecule has 0 saturated carbocycles. The maximum absolute atomic E-state index is 12.7. The van der Waals surface area contributed by atoms with E-state index in [4.69, 9.17) is 0 Å². The summed E-state index contributed by atoms with van der Waals surface area (Å²) < 4.78 is 0. The number of nitrogens with zero attached hydrogens (tertiary/aromatic N) is 1. The van der Waals surface area contributed by atoms with E-state index in [1.807, 2.05) is 12.3 Å². The lowest BCUT2D eigenvalue weighted by Gasteiger charge is -2.29. The predicted molar refractivity (Wildman–Crippen MR) is 98.7 cm³/mol. The first-order valence-electron chi connectivity index (χ1n) is 8.70. The van der Waals surface area contributed by atoms with E-state index in [1.165, 1.54) is 16.7 Å². The lowest BCUT2D eigenvalue weighted by atomic mass is 9.79. The second kappa shape index (κ2) is 5.06. The summed E-state index contributed by atoms with van der Waals surface area (Å²) in [5.74, 6) is 0.235. The molecular formula is C21H19N3O. The summed E-state index contributed by atoms with van der Waals surface area (Å²) >= 11 is 0. The van der Waals surface area contributed by atoms with E-state index in [-0.39, 0.29) is 11.7 Å². The predicted octanol–water partition coefficient (Wildman–Crippen LogP) is 4.35. The van der Waals surface area contributed by atoms with Gasteiger partial charge in [-0.2, -0.15) is 5.10 Å². The number of hydrogen-bond acceptors (Lipinski definition) is 3. The van der Waals surface area contributed by atoms with Crippen molar-refractivity contribution < 1.29 is 4.79 Å². The highest BCUT2D eigenvalue weighted by molar-refractivity contribution is 6.05. The van der Waals surface area contributed by atoms with Crippen LogP contribution in [0.2, 0.25) is 0 Å². The molecule has 124 valence electrons. The van der Waals surface area contributed by atoms with Gasteiger partial charge in [-0.1, -0.05) is 18.2 Å². The monoisotopic (exact) mass is 329 g/mol. The Morgan fingerprint density at radius 3 is 2.80 bits per heavy atom. The van der Waals surface area contributed by atoms with Crippen LogP contribution in [0.3, 0.4) is 0 Å². The molecule has 0 radical (unpaired) electrons. The van der Waals surface area contributed by atoms with Gasteiger partial charge in [0.1, 0.15) is 0 Å². The zero-order chi connectivity index (χ0) is 17.1. The molecule has 2 aromatic carbocycles. The van der Waals surface area contributed by atoms with Gasteiger partial charge < -0.3 is 5.32 Å². The minimum absolute atomic E-state index is 0.0261. The van der Waals surface area contributed by atoms with Crippen LogP contribution in [0.15, 0.2) is 47.8 Å². The van der Waals surface area contributed by atoms with Crippen LogP contribution in [0.25, 0.3) is 10.9 Å². The molecule has 1 aromatic heterocycles. The number of anilines is 1. The molecule has 1 unspecified atom stereocenters. The first-order valence-corrected chi connectivity index (χ1v) is 8.70. The van der Waals surface area contributed by atoms with Crippen LogP contribution in [0, 0.1) is 13.8 Å². The molecule has 2 heterocycles. The number of aromatic amines is 1. The average Bonchev–Trinajstić information content (AvgIpc) is 3.22. The standard InChI is InChI=1S/C21H19N3O/c1-11-3-4-13(9-12(11)2)19-20-14-10-22-24-15(14)5-6-16(20)23-17-7-8-18(25)21(17)19/h3-6,9-10,19,23H,7-8H2,1-2H3,(H,22,24). The van der Waals surface area contributed by atoms with Gasteiger partial charge in [0, 0.05) is 34.7 Å². The molecule has 2 N–H and O–H groups in total. The van der Waals surface area contributed by atoms with E-state index in [0.29, 0.717) is 6.42 Å². The SMILES string of the molecule is Cc1ccc(C2C3=C(CCC3=O)Nc3ccc4[nH]ncc4c32)cc1C. The number of carbonyl (C=O) groups excluding carboxylic acids is 1. The van der Waals surface area contributed by atoms with Crippen LogP contribution in [0.1, 0.15) is 41.0 Å². The summed E-state index contributed by atoms with van der Waals surface area (Å²) in [5.41, 5.74) is 8.98. The van der Waals surface area contributed by atoms with Crippen molar-refractivity contribution in [2.75, 3.05) is 5.32 Å². The van der Waals surface area contributed by atoms with Crippen LogP contribution >= 0.6 is 0 Å². The highest BCUT2D eigenvalue weighted by Crippen LogP contribution is 2.48. The van der Waals surface area contributed by atoms with Crippen molar-refractivity contribution in [1.29, 1.82) is 0 Å². The number of carbonyl (C=O) groups is 1. The quantitative estimate of drug-likeness (QED) is 0.697. The van der Waals surface area contributed by atoms with Crippen molar-refractivity contribution in [2.24, 2.45) is 0 Å². The Kier molecular flexibility index (Phi) is 2.93. The molecule has 1 aliphatic heterocycles. The highest BCUT2D eigenvalue weighted by atomic mass is 16.1. The summed E-state index contributed by atoms with van der Waals surface area (Å²) in [6.45, 7) is 4.25. The number of benzene rings is 2. The van der Waals surface area contributed by atoms with Crippen LogP contribution < -0.4 is 5.32 Å². The number of nitrogens with one attached hydrogen (secondary N) is 2.